The molecule has 0 bridgehead atoms. The molecule has 0 aliphatic carbocycles. The van der Waals surface area contributed by atoms with E-state index in [-0.39, 0.29) is 12.4 Å². The van der Waals surface area contributed by atoms with Gasteiger partial charge in [-0.3, -0.25) is 0 Å². The van der Waals surface area contributed by atoms with Crippen molar-refractivity contribution in [2.75, 3.05) is 17.2 Å². The van der Waals surface area contributed by atoms with E-state index in [2.05, 4.69) is 37.0 Å². The normalized spacial score (nSPS) is 13.4. The van der Waals surface area contributed by atoms with Crippen molar-refractivity contribution in [2.45, 2.75) is 59.4 Å². The number of nitrogen functional groups attached to an aromatic ring is 1. The first-order valence-corrected chi connectivity index (χ1v) is 13.5. The first kappa shape index (κ1) is 27.4. The highest BCUT2D eigenvalue weighted by Crippen LogP contribution is 2.39. The number of para-hydroxylation sites is 1. The number of aromatic nitrogens is 3. The van der Waals surface area contributed by atoms with Crippen LogP contribution in [0.15, 0.2) is 42.6 Å². The van der Waals surface area contributed by atoms with E-state index in [4.69, 9.17) is 16.2 Å². The molecular formula is C31H33F3N6. The standard InChI is InChI=1S/C31H33F3N6/c1-5-19-8-7-9-20(6-2)28(19)40-29(22-11-10-18(3)27(36)23(22)15-35)24-17-39(13-12-26(24)38-40)30-25(32)14-21(16-37-30)31(4,33)34/h7-11,14-16,35H,5-6,12-13,17,36H2,1-4H3. The third-order valence-corrected chi connectivity index (χ3v) is 7.74. The van der Waals surface area contributed by atoms with E-state index in [0.29, 0.717) is 24.2 Å². The zero-order valence-corrected chi connectivity index (χ0v) is 23.2. The Morgan fingerprint density at radius 2 is 1.82 bits per heavy atom. The summed E-state index contributed by atoms with van der Waals surface area (Å²) < 4.78 is 44.7. The molecule has 9 heteroatoms. The molecule has 1 aliphatic rings. The van der Waals surface area contributed by atoms with Gasteiger partial charge in [0.1, 0.15) is 0 Å². The summed E-state index contributed by atoms with van der Waals surface area (Å²) in [5.74, 6) is -3.95. The molecule has 3 heterocycles. The maximum atomic E-state index is 15.1. The number of rotatable bonds is 7. The predicted molar refractivity (Wildman–Crippen MR) is 153 cm³/mol. The summed E-state index contributed by atoms with van der Waals surface area (Å²) in [6.07, 6.45) is 4.42. The second kappa shape index (κ2) is 10.4. The highest BCUT2D eigenvalue weighted by molar-refractivity contribution is 5.96. The van der Waals surface area contributed by atoms with Gasteiger partial charge in [0.15, 0.2) is 11.6 Å². The van der Waals surface area contributed by atoms with Gasteiger partial charge in [-0.15, -0.1) is 0 Å². The Kier molecular flexibility index (Phi) is 7.16. The number of anilines is 2. The molecule has 0 atom stereocenters. The van der Waals surface area contributed by atoms with Crippen LogP contribution in [0.5, 0.6) is 0 Å². The third kappa shape index (κ3) is 4.63. The number of benzene rings is 2. The summed E-state index contributed by atoms with van der Waals surface area (Å²) in [5.41, 5.74) is 14.5. The molecule has 208 valence electrons. The van der Waals surface area contributed by atoms with Crippen LogP contribution in [-0.4, -0.2) is 27.5 Å². The van der Waals surface area contributed by atoms with Crippen LogP contribution >= 0.6 is 0 Å². The summed E-state index contributed by atoms with van der Waals surface area (Å²) in [4.78, 5) is 5.87. The molecule has 40 heavy (non-hydrogen) atoms. The lowest BCUT2D eigenvalue weighted by molar-refractivity contribution is 0.0168. The van der Waals surface area contributed by atoms with Crippen LogP contribution in [0.2, 0.25) is 0 Å². The zero-order valence-electron chi connectivity index (χ0n) is 23.2. The molecule has 2 aromatic carbocycles. The Hall–Kier alpha value is -4.14. The quantitative estimate of drug-likeness (QED) is 0.198. The number of alkyl halides is 2. The molecule has 0 radical (unpaired) electrons. The number of fused-ring (bicyclic) bond motifs is 1. The van der Waals surface area contributed by atoms with Gasteiger partial charge < -0.3 is 16.0 Å². The molecule has 0 spiro atoms. The van der Waals surface area contributed by atoms with Crippen molar-refractivity contribution in [1.82, 2.24) is 14.8 Å². The molecule has 5 rings (SSSR count). The van der Waals surface area contributed by atoms with Crippen molar-refractivity contribution in [3.63, 3.8) is 0 Å². The molecule has 6 nitrogen and oxygen atoms in total. The minimum Gasteiger partial charge on any atom is -0.398 e. The molecule has 3 N–H and O–H groups in total. The Morgan fingerprint density at radius 1 is 1.12 bits per heavy atom. The molecular weight excluding hydrogens is 513 g/mol. The number of nitrogens with two attached hydrogens (primary N) is 1. The summed E-state index contributed by atoms with van der Waals surface area (Å²) >= 11 is 0. The van der Waals surface area contributed by atoms with E-state index in [1.54, 1.807) is 4.90 Å². The van der Waals surface area contributed by atoms with Gasteiger partial charge in [0.25, 0.3) is 5.92 Å². The summed E-state index contributed by atoms with van der Waals surface area (Å²) in [6.45, 7) is 7.54. The second-order valence-corrected chi connectivity index (χ2v) is 10.3. The SMILES string of the molecule is CCc1cccc(CC)c1-n1nc2c(c1-c1ccc(C)c(N)c1C=N)CN(c1ncc(C(C)(F)F)cc1F)CC2. The number of halogens is 3. The maximum absolute atomic E-state index is 15.1. The van der Waals surface area contributed by atoms with Gasteiger partial charge in [-0.25, -0.2) is 22.8 Å². The van der Waals surface area contributed by atoms with E-state index >= 15 is 4.39 Å². The zero-order chi connectivity index (χ0) is 28.8. The van der Waals surface area contributed by atoms with Crippen LogP contribution in [-0.2, 0) is 31.7 Å². The lowest BCUT2D eigenvalue weighted by Crippen LogP contribution is -2.32. The van der Waals surface area contributed by atoms with Crippen molar-refractivity contribution in [3.05, 3.63) is 87.5 Å². The average Bonchev–Trinajstić information content (AvgIpc) is 3.31. The van der Waals surface area contributed by atoms with Crippen LogP contribution in [0.1, 0.15) is 59.8 Å². The first-order valence-electron chi connectivity index (χ1n) is 13.5. The number of hydrogen-bond acceptors (Lipinski definition) is 5. The molecule has 4 aromatic rings. The van der Waals surface area contributed by atoms with E-state index < -0.39 is 17.3 Å². The van der Waals surface area contributed by atoms with Crippen molar-refractivity contribution < 1.29 is 13.2 Å². The summed E-state index contributed by atoms with van der Waals surface area (Å²) in [5, 5.41) is 13.3. The average molecular weight is 547 g/mol. The Labute approximate surface area is 232 Å². The predicted octanol–water partition coefficient (Wildman–Crippen LogP) is 6.76. The second-order valence-electron chi connectivity index (χ2n) is 10.3. The molecule has 0 amide bonds. The van der Waals surface area contributed by atoms with Gasteiger partial charge in [0.05, 0.1) is 17.1 Å². The number of hydrogen-bond donors (Lipinski definition) is 2. The van der Waals surface area contributed by atoms with Crippen molar-refractivity contribution in [2.24, 2.45) is 0 Å². The van der Waals surface area contributed by atoms with Gasteiger partial charge in [-0.2, -0.15) is 5.10 Å². The molecule has 2 aromatic heterocycles. The summed E-state index contributed by atoms with van der Waals surface area (Å²) in [7, 11) is 0. The highest BCUT2D eigenvalue weighted by Gasteiger charge is 2.32. The topological polar surface area (TPSA) is 83.8 Å². The molecule has 0 fully saturated rings. The number of pyridine rings is 1. The van der Waals surface area contributed by atoms with Gasteiger partial charge >= 0.3 is 0 Å². The smallest absolute Gasteiger partial charge is 0.272 e. The lowest BCUT2D eigenvalue weighted by atomic mass is 9.94. The fourth-order valence-electron chi connectivity index (χ4n) is 5.49. The third-order valence-electron chi connectivity index (χ3n) is 7.74. The van der Waals surface area contributed by atoms with Crippen LogP contribution in [0, 0.1) is 18.2 Å². The fourth-order valence-corrected chi connectivity index (χ4v) is 5.49. The van der Waals surface area contributed by atoms with Gasteiger partial charge in [0.2, 0.25) is 0 Å². The lowest BCUT2D eigenvalue weighted by Gasteiger charge is -2.29. The van der Waals surface area contributed by atoms with E-state index in [1.807, 2.05) is 23.7 Å². The fraction of sp³-hybridized carbons (Fsp3) is 0.323. The van der Waals surface area contributed by atoms with Gasteiger partial charge in [-0.05, 0) is 42.5 Å². The van der Waals surface area contributed by atoms with Crippen LogP contribution < -0.4 is 10.6 Å². The van der Waals surface area contributed by atoms with Crippen molar-refractivity contribution in [3.8, 4) is 16.9 Å². The van der Waals surface area contributed by atoms with Crippen molar-refractivity contribution >= 4 is 17.7 Å². The molecule has 1 aliphatic heterocycles. The van der Waals surface area contributed by atoms with Gasteiger partial charge in [-0.1, -0.05) is 44.2 Å². The minimum atomic E-state index is -3.19. The van der Waals surface area contributed by atoms with E-state index in [9.17, 15) is 8.78 Å². The minimum absolute atomic E-state index is 0.0243. The Bertz CT molecular complexity index is 1580. The molecule has 0 saturated carbocycles. The largest absolute Gasteiger partial charge is 0.398 e. The Balaban J connectivity index is 1.74. The first-order chi connectivity index (χ1) is 19.1. The van der Waals surface area contributed by atoms with Crippen LogP contribution in [0.3, 0.4) is 0 Å². The van der Waals surface area contributed by atoms with Crippen molar-refractivity contribution in [1.29, 1.82) is 5.41 Å². The van der Waals surface area contributed by atoms with E-state index in [1.165, 1.54) is 6.21 Å². The highest BCUT2D eigenvalue weighted by atomic mass is 19.3. The van der Waals surface area contributed by atoms with Crippen LogP contribution in [0.25, 0.3) is 16.9 Å². The van der Waals surface area contributed by atoms with E-state index in [0.717, 1.165) is 76.9 Å². The van der Waals surface area contributed by atoms with Gasteiger partial charge in [0, 0.05) is 66.8 Å². The van der Waals surface area contributed by atoms with Crippen LogP contribution in [0.4, 0.5) is 24.7 Å². The Morgan fingerprint density at radius 3 is 2.42 bits per heavy atom. The molecule has 0 saturated heterocycles. The number of aryl methyl sites for hydroxylation is 3. The number of nitrogens with one attached hydrogen (secondary N) is 1. The number of nitrogens with zero attached hydrogens (tertiary/aromatic N) is 4. The monoisotopic (exact) mass is 546 g/mol. The molecule has 0 unspecified atom stereocenters. The maximum Gasteiger partial charge on any atom is 0.272 e. The summed E-state index contributed by atoms with van der Waals surface area (Å²) in [6, 6.07) is 11.0.